The molecule has 1 aliphatic heterocycles. The van der Waals surface area contributed by atoms with Gasteiger partial charge in [0.1, 0.15) is 42.2 Å². The van der Waals surface area contributed by atoms with Crippen LogP contribution >= 0.6 is 21.6 Å². The molecule has 14 nitrogen and oxygen atoms in total. The predicted octanol–water partition coefficient (Wildman–Crippen LogP) is 4.65. The number of carbonyl (C=O) groups excluding carboxylic acids is 4. The van der Waals surface area contributed by atoms with E-state index in [0.29, 0.717) is 5.75 Å². The van der Waals surface area contributed by atoms with Gasteiger partial charge in [0.15, 0.2) is 41.1 Å². The minimum absolute atomic E-state index is 0.0308. The van der Waals surface area contributed by atoms with E-state index in [-0.39, 0.29) is 59.6 Å². The van der Waals surface area contributed by atoms with Gasteiger partial charge in [-0.3, -0.25) is 14.4 Å². The fourth-order valence-electron chi connectivity index (χ4n) is 7.65. The van der Waals surface area contributed by atoms with Gasteiger partial charge in [-0.25, -0.2) is 22.4 Å². The number of hydrogen-bond acceptors (Lipinski definition) is 15. The highest BCUT2D eigenvalue weighted by molar-refractivity contribution is 8.76. The van der Waals surface area contributed by atoms with E-state index in [1.165, 1.54) is 53.8 Å². The first-order valence-corrected chi connectivity index (χ1v) is 21.2. The normalized spacial score (nSPS) is 23.4. The second kappa shape index (κ2) is 18.3. The number of amides is 1. The van der Waals surface area contributed by atoms with Crippen molar-refractivity contribution in [3.8, 4) is 17.2 Å². The highest BCUT2D eigenvalue weighted by Gasteiger charge is 2.50. The average molecular weight is 884 g/mol. The highest BCUT2D eigenvalue weighted by Crippen LogP contribution is 2.52. The number of phenols is 2. The summed E-state index contributed by atoms with van der Waals surface area (Å²) in [5.74, 6) is -9.37. The fraction of sp³-hybridized carbons (Fsp3) is 0.450. The number of halogens is 4. The van der Waals surface area contributed by atoms with Crippen molar-refractivity contribution in [2.45, 2.75) is 82.2 Å². The summed E-state index contributed by atoms with van der Waals surface area (Å²) in [5, 5.41) is 58.0. The standard InChI is InChI=1S/C40H41F4NO13S2/c1-16-30(41)32(43)19(33(44)31(16)42)7-5-10-59-60-11-9-56-39(53)45-21-12-25(57-17(2)34(21)48)58-23-14-40(54,24(47)15-46)13-20-27(23)38(52)29-28(36(20)50)35(49)18-6-4-8-22(55-3)26(18)37(29)51/h4,6,8,17,21,23,25,34,46,48,50,52,54H,5,7,9-15H2,1-3H3,(H,45,53)/t17-,21-,23-,25-,34+,40-/m0/s1. The summed E-state index contributed by atoms with van der Waals surface area (Å²) in [6.07, 6.45) is -7.64. The van der Waals surface area contributed by atoms with Crippen LogP contribution in [-0.2, 0) is 31.8 Å². The fourth-order valence-corrected chi connectivity index (χ4v) is 9.57. The van der Waals surface area contributed by atoms with E-state index in [4.69, 9.17) is 18.9 Å². The largest absolute Gasteiger partial charge is 0.507 e. The van der Waals surface area contributed by atoms with Crippen molar-refractivity contribution in [1.29, 1.82) is 0 Å². The van der Waals surface area contributed by atoms with Crippen LogP contribution in [0.4, 0.5) is 22.4 Å². The summed E-state index contributed by atoms with van der Waals surface area (Å²) >= 11 is 0. The van der Waals surface area contributed by atoms with Crippen LogP contribution in [0.5, 0.6) is 17.2 Å². The van der Waals surface area contributed by atoms with E-state index in [2.05, 4.69) is 5.32 Å². The van der Waals surface area contributed by atoms with Crippen LogP contribution in [0.2, 0.25) is 0 Å². The Labute approximate surface area is 347 Å². The zero-order chi connectivity index (χ0) is 43.8. The van der Waals surface area contributed by atoms with Crippen molar-refractivity contribution in [3.05, 3.63) is 86.0 Å². The van der Waals surface area contributed by atoms with Crippen molar-refractivity contribution in [2.75, 3.05) is 31.8 Å². The van der Waals surface area contributed by atoms with E-state index in [1.54, 1.807) is 0 Å². The first-order chi connectivity index (χ1) is 28.4. The summed E-state index contributed by atoms with van der Waals surface area (Å²) in [4.78, 5) is 53.3. The maximum absolute atomic E-state index is 14.1. The number of aliphatic hydroxyl groups excluding tert-OH is 2. The maximum Gasteiger partial charge on any atom is 0.407 e. The summed E-state index contributed by atoms with van der Waals surface area (Å²) in [6.45, 7) is 1.20. The van der Waals surface area contributed by atoms with Gasteiger partial charge in [-0.05, 0) is 32.8 Å². The molecule has 2 aliphatic carbocycles. The van der Waals surface area contributed by atoms with Crippen LogP contribution in [0, 0.1) is 30.2 Å². The molecule has 1 fully saturated rings. The third kappa shape index (κ3) is 8.42. The van der Waals surface area contributed by atoms with Gasteiger partial charge in [-0.15, -0.1) is 0 Å². The molecular weight excluding hydrogens is 843 g/mol. The quantitative estimate of drug-likeness (QED) is 0.0334. The minimum Gasteiger partial charge on any atom is -0.507 e. The molecule has 0 bridgehead atoms. The van der Waals surface area contributed by atoms with Crippen molar-refractivity contribution in [2.24, 2.45) is 0 Å². The number of aromatic hydroxyl groups is 2. The van der Waals surface area contributed by atoms with Gasteiger partial charge in [-0.1, -0.05) is 33.7 Å². The molecule has 1 heterocycles. The Morgan fingerprint density at radius 2 is 1.65 bits per heavy atom. The van der Waals surface area contributed by atoms with Crippen LogP contribution in [0.15, 0.2) is 18.2 Å². The Hall–Kier alpha value is -4.44. The van der Waals surface area contributed by atoms with Crippen LogP contribution in [0.25, 0.3) is 0 Å². The Morgan fingerprint density at radius 1 is 0.983 bits per heavy atom. The van der Waals surface area contributed by atoms with Crippen molar-refractivity contribution in [1.82, 2.24) is 5.32 Å². The molecule has 20 heteroatoms. The first kappa shape index (κ1) is 45.1. The smallest absolute Gasteiger partial charge is 0.407 e. The number of fused-ring (bicyclic) bond motifs is 3. The van der Waals surface area contributed by atoms with Gasteiger partial charge in [-0.2, -0.15) is 0 Å². The van der Waals surface area contributed by atoms with E-state index >= 15 is 0 Å². The van der Waals surface area contributed by atoms with Gasteiger partial charge in [0, 0.05) is 58.6 Å². The molecule has 324 valence electrons. The van der Waals surface area contributed by atoms with Gasteiger partial charge in [0.2, 0.25) is 5.78 Å². The number of ketones is 3. The minimum atomic E-state index is -2.39. The van der Waals surface area contributed by atoms with Crippen molar-refractivity contribution in [3.63, 3.8) is 0 Å². The molecule has 0 aromatic heterocycles. The highest BCUT2D eigenvalue weighted by atomic mass is 33.1. The van der Waals surface area contributed by atoms with Gasteiger partial charge in [0.05, 0.1) is 42.0 Å². The average Bonchev–Trinajstić information content (AvgIpc) is 3.22. The summed E-state index contributed by atoms with van der Waals surface area (Å²) in [7, 11) is 3.83. The number of aliphatic hydroxyl groups is 3. The molecule has 3 aromatic rings. The number of rotatable bonds is 14. The number of ether oxygens (including phenoxy) is 4. The SMILES string of the molecule is COc1cccc2c1C(=O)c1c(O)c3c(c(O)c1C2=O)C[C@@](O)(C(=O)CO)C[C@@H]3O[C@H]1C[C@H](NC(=O)OCCSSCCCc2c(F)c(F)c(C)c(F)c2F)[C@H](O)[C@H](C)O1. The lowest BCUT2D eigenvalue weighted by Crippen LogP contribution is -2.56. The second-order valence-electron chi connectivity index (χ2n) is 14.5. The number of nitrogens with one attached hydrogen (secondary N) is 1. The number of benzene rings is 3. The molecule has 0 spiro atoms. The van der Waals surface area contributed by atoms with Crippen LogP contribution in [0.3, 0.4) is 0 Å². The monoisotopic (exact) mass is 883 g/mol. The zero-order valence-corrected chi connectivity index (χ0v) is 33.9. The number of alkyl carbamates (subject to hydrolysis) is 1. The van der Waals surface area contributed by atoms with Crippen molar-refractivity contribution >= 4 is 45.0 Å². The Kier molecular flexibility index (Phi) is 13.7. The molecule has 1 amide bonds. The molecule has 0 radical (unpaired) electrons. The molecule has 0 saturated carbocycles. The topological polar surface area (TPSA) is 218 Å². The van der Waals surface area contributed by atoms with Crippen LogP contribution in [-0.4, -0.2) is 111 Å². The lowest BCUT2D eigenvalue weighted by molar-refractivity contribution is -0.249. The number of methoxy groups -OCH3 is 1. The lowest BCUT2D eigenvalue weighted by Gasteiger charge is -2.42. The molecule has 6 rings (SSSR count). The number of Topliss-reactive ketones (excluding diaryl/α,β-unsaturated/α-hetero) is 1. The second-order valence-corrected chi connectivity index (χ2v) is 17.2. The predicted molar refractivity (Wildman–Crippen MR) is 206 cm³/mol. The Morgan fingerprint density at radius 3 is 2.32 bits per heavy atom. The van der Waals surface area contributed by atoms with Gasteiger partial charge in [0.25, 0.3) is 0 Å². The molecule has 6 N–H and O–H groups in total. The molecular formula is C40H41F4NO13S2. The Balaban J connectivity index is 1.11. The maximum atomic E-state index is 14.1. The van der Waals surface area contributed by atoms with Gasteiger partial charge < -0.3 is 49.8 Å². The molecule has 3 aromatic carbocycles. The number of carbonyl (C=O) groups is 4. The molecule has 6 atom stereocenters. The van der Waals surface area contributed by atoms with E-state index in [0.717, 1.165) is 6.92 Å². The third-order valence-corrected chi connectivity index (χ3v) is 13.2. The first-order valence-electron chi connectivity index (χ1n) is 18.7. The molecule has 3 aliphatic rings. The lowest BCUT2D eigenvalue weighted by atomic mass is 9.72. The number of phenolic OH excluding ortho intramolecular Hbond substituents is 2. The molecule has 60 heavy (non-hydrogen) atoms. The Bertz CT molecular complexity index is 2200. The molecule has 0 unspecified atom stereocenters. The van der Waals surface area contributed by atoms with Crippen LogP contribution < -0.4 is 10.1 Å². The summed E-state index contributed by atoms with van der Waals surface area (Å²) in [6, 6.07) is 3.18. The summed E-state index contributed by atoms with van der Waals surface area (Å²) in [5.41, 5.74) is -5.72. The van der Waals surface area contributed by atoms with E-state index in [1.807, 2.05) is 0 Å². The van der Waals surface area contributed by atoms with E-state index < -0.39 is 136 Å². The number of hydrogen-bond donors (Lipinski definition) is 6. The van der Waals surface area contributed by atoms with Gasteiger partial charge >= 0.3 is 6.09 Å². The molecule has 1 saturated heterocycles. The summed E-state index contributed by atoms with van der Waals surface area (Å²) < 4.78 is 78.5. The van der Waals surface area contributed by atoms with Crippen LogP contribution in [0.1, 0.15) is 86.4 Å². The van der Waals surface area contributed by atoms with Crippen molar-refractivity contribution < 1.29 is 81.2 Å². The zero-order valence-electron chi connectivity index (χ0n) is 32.3. The third-order valence-electron chi connectivity index (χ3n) is 10.8. The van der Waals surface area contributed by atoms with E-state index in [9.17, 15) is 62.3 Å².